The first-order valence-corrected chi connectivity index (χ1v) is 13.3. The fourth-order valence-corrected chi connectivity index (χ4v) is 5.01. The van der Waals surface area contributed by atoms with Crippen LogP contribution in [-0.2, 0) is 11.3 Å². The molecule has 3 heterocycles. The number of methoxy groups -OCH3 is 1. The van der Waals surface area contributed by atoms with Crippen LogP contribution in [0.3, 0.4) is 0 Å². The van der Waals surface area contributed by atoms with Crippen LogP contribution in [0, 0.1) is 0 Å². The lowest BCUT2D eigenvalue weighted by atomic mass is 10.0. The van der Waals surface area contributed by atoms with Crippen LogP contribution in [0.5, 0.6) is 11.5 Å². The number of ether oxygens (including phenoxy) is 2. The van der Waals surface area contributed by atoms with Gasteiger partial charge in [-0.15, -0.1) is 0 Å². The van der Waals surface area contributed by atoms with Crippen molar-refractivity contribution in [3.8, 4) is 11.5 Å². The SMILES string of the molecule is C/C=C/C(=O)NCc1cc(NC2CCN(C)CC2)c2cc(OC)c(OCCCN3CCCC3)cc2n1. The van der Waals surface area contributed by atoms with Crippen LogP contribution in [0.2, 0.25) is 0 Å². The summed E-state index contributed by atoms with van der Waals surface area (Å²) >= 11 is 0. The van der Waals surface area contributed by atoms with E-state index in [0.717, 1.165) is 61.2 Å². The number of amides is 1. The van der Waals surface area contributed by atoms with Gasteiger partial charge in [0.1, 0.15) is 0 Å². The third-order valence-electron chi connectivity index (χ3n) is 7.06. The maximum absolute atomic E-state index is 12.0. The molecule has 1 amide bonds. The Morgan fingerprint density at radius 3 is 2.64 bits per heavy atom. The number of allylic oxidation sites excluding steroid dienone is 1. The van der Waals surface area contributed by atoms with Gasteiger partial charge in [0.05, 0.1) is 31.5 Å². The number of fused-ring (bicyclic) bond motifs is 1. The molecule has 8 nitrogen and oxygen atoms in total. The normalized spacial score (nSPS) is 17.6. The second-order valence-corrected chi connectivity index (χ2v) is 9.87. The molecule has 0 atom stereocenters. The van der Waals surface area contributed by atoms with Crippen molar-refractivity contribution in [2.45, 2.75) is 51.6 Å². The van der Waals surface area contributed by atoms with Crippen LogP contribution in [0.1, 0.15) is 44.7 Å². The van der Waals surface area contributed by atoms with Crippen LogP contribution < -0.4 is 20.1 Å². The van der Waals surface area contributed by atoms with E-state index in [0.29, 0.717) is 30.7 Å². The van der Waals surface area contributed by atoms with E-state index in [1.807, 2.05) is 25.1 Å². The second-order valence-electron chi connectivity index (χ2n) is 9.87. The Bertz CT molecular complexity index is 1040. The van der Waals surface area contributed by atoms with Crippen LogP contribution in [-0.4, -0.2) is 80.2 Å². The van der Waals surface area contributed by atoms with Crippen LogP contribution in [0.4, 0.5) is 5.69 Å². The molecule has 0 aliphatic carbocycles. The molecule has 1 aromatic heterocycles. The van der Waals surface area contributed by atoms with E-state index in [-0.39, 0.29) is 5.91 Å². The van der Waals surface area contributed by atoms with Gasteiger partial charge in [-0.3, -0.25) is 9.78 Å². The van der Waals surface area contributed by atoms with Gasteiger partial charge in [-0.1, -0.05) is 6.08 Å². The first-order chi connectivity index (χ1) is 17.6. The van der Waals surface area contributed by atoms with E-state index in [1.54, 1.807) is 13.2 Å². The molecule has 2 N–H and O–H groups in total. The second kappa shape index (κ2) is 12.9. The van der Waals surface area contributed by atoms with Crippen molar-refractivity contribution in [3.63, 3.8) is 0 Å². The molecule has 2 aliphatic heterocycles. The molecular formula is C28H41N5O3. The number of likely N-dealkylation sites (tertiary alicyclic amines) is 2. The highest BCUT2D eigenvalue weighted by Gasteiger charge is 2.19. The van der Waals surface area contributed by atoms with Crippen molar-refractivity contribution in [1.82, 2.24) is 20.1 Å². The summed E-state index contributed by atoms with van der Waals surface area (Å²) in [6, 6.07) is 6.44. The molecule has 196 valence electrons. The van der Waals surface area contributed by atoms with Crippen molar-refractivity contribution < 1.29 is 14.3 Å². The van der Waals surface area contributed by atoms with Crippen molar-refractivity contribution in [2.75, 3.05) is 58.8 Å². The molecular weight excluding hydrogens is 454 g/mol. The number of benzene rings is 1. The monoisotopic (exact) mass is 495 g/mol. The van der Waals surface area contributed by atoms with Crippen molar-refractivity contribution in [2.24, 2.45) is 0 Å². The standard InChI is InChI=1S/C28H41N5O3/c1-4-8-28(34)29-20-22-17-24(30-21-9-14-32(2)15-10-21)23-18-26(35-3)27(19-25(23)31-22)36-16-7-13-33-11-5-6-12-33/h4,8,17-19,21H,5-7,9-16,20H2,1-3H3,(H,29,34)(H,30,31)/b8-4+. The lowest BCUT2D eigenvalue weighted by Crippen LogP contribution is -2.36. The molecule has 2 fully saturated rings. The Hall–Kier alpha value is -2.84. The molecule has 2 aliphatic rings. The molecule has 0 radical (unpaired) electrons. The molecule has 2 aromatic rings. The maximum Gasteiger partial charge on any atom is 0.243 e. The number of nitrogens with one attached hydrogen (secondary N) is 2. The summed E-state index contributed by atoms with van der Waals surface area (Å²) in [6.07, 6.45) is 9.01. The van der Waals surface area contributed by atoms with Crippen molar-refractivity contribution >= 4 is 22.5 Å². The molecule has 8 heteroatoms. The number of pyridine rings is 1. The van der Waals surface area contributed by atoms with Gasteiger partial charge in [-0.2, -0.15) is 0 Å². The van der Waals surface area contributed by atoms with Gasteiger partial charge in [-0.05, 0) is 90.5 Å². The number of hydrogen-bond donors (Lipinski definition) is 2. The van der Waals surface area contributed by atoms with Gasteiger partial charge in [0.25, 0.3) is 0 Å². The third kappa shape index (κ3) is 7.11. The van der Waals surface area contributed by atoms with Crippen molar-refractivity contribution in [3.05, 3.63) is 36.0 Å². The quantitative estimate of drug-likeness (QED) is 0.363. The largest absolute Gasteiger partial charge is 0.493 e. The minimum Gasteiger partial charge on any atom is -0.493 e. The fourth-order valence-electron chi connectivity index (χ4n) is 5.01. The highest BCUT2D eigenvalue weighted by Crippen LogP contribution is 2.36. The lowest BCUT2D eigenvalue weighted by molar-refractivity contribution is -0.116. The van der Waals surface area contributed by atoms with Gasteiger partial charge in [0.2, 0.25) is 5.91 Å². The predicted molar refractivity (Wildman–Crippen MR) is 145 cm³/mol. The Morgan fingerprint density at radius 2 is 1.92 bits per heavy atom. The van der Waals surface area contributed by atoms with Crippen LogP contribution >= 0.6 is 0 Å². The number of piperidine rings is 1. The first kappa shape index (κ1) is 26.2. The average molecular weight is 496 g/mol. The fraction of sp³-hybridized carbons (Fsp3) is 0.571. The Morgan fingerprint density at radius 1 is 1.14 bits per heavy atom. The van der Waals surface area contributed by atoms with E-state index in [9.17, 15) is 4.79 Å². The van der Waals surface area contributed by atoms with Gasteiger partial charge in [-0.25, -0.2) is 0 Å². The number of anilines is 1. The molecule has 0 spiro atoms. The Labute approximate surface area is 215 Å². The van der Waals surface area contributed by atoms with Gasteiger partial charge >= 0.3 is 0 Å². The Balaban J connectivity index is 1.55. The summed E-state index contributed by atoms with van der Waals surface area (Å²) in [5, 5.41) is 7.68. The van der Waals surface area contributed by atoms with E-state index in [4.69, 9.17) is 14.5 Å². The number of nitrogens with zero attached hydrogens (tertiary/aromatic N) is 3. The minimum absolute atomic E-state index is 0.124. The predicted octanol–water partition coefficient (Wildman–Crippen LogP) is 3.81. The smallest absolute Gasteiger partial charge is 0.243 e. The van der Waals surface area contributed by atoms with Gasteiger partial charge in [0, 0.05) is 29.7 Å². The van der Waals surface area contributed by atoms with E-state index < -0.39 is 0 Å². The summed E-state index contributed by atoms with van der Waals surface area (Å²) in [6.45, 7) is 8.44. The van der Waals surface area contributed by atoms with Crippen LogP contribution in [0.25, 0.3) is 10.9 Å². The summed E-state index contributed by atoms with van der Waals surface area (Å²) < 4.78 is 11.9. The highest BCUT2D eigenvalue weighted by molar-refractivity contribution is 5.94. The number of carbonyl (C=O) groups is 1. The van der Waals surface area contributed by atoms with Gasteiger partial charge in [0.15, 0.2) is 11.5 Å². The van der Waals surface area contributed by atoms with E-state index in [1.165, 1.54) is 32.0 Å². The average Bonchev–Trinajstić information content (AvgIpc) is 3.40. The number of aromatic nitrogens is 1. The van der Waals surface area contributed by atoms with Crippen molar-refractivity contribution in [1.29, 1.82) is 0 Å². The highest BCUT2D eigenvalue weighted by atomic mass is 16.5. The summed E-state index contributed by atoms with van der Waals surface area (Å²) in [5.74, 6) is 1.30. The number of hydrogen-bond acceptors (Lipinski definition) is 7. The van der Waals surface area contributed by atoms with E-state index >= 15 is 0 Å². The Kier molecular flexibility index (Phi) is 9.41. The first-order valence-electron chi connectivity index (χ1n) is 13.3. The molecule has 36 heavy (non-hydrogen) atoms. The van der Waals surface area contributed by atoms with Crippen LogP contribution in [0.15, 0.2) is 30.4 Å². The molecule has 0 saturated carbocycles. The summed E-state index contributed by atoms with van der Waals surface area (Å²) in [7, 11) is 3.85. The molecule has 4 rings (SSSR count). The lowest BCUT2D eigenvalue weighted by Gasteiger charge is -2.30. The molecule has 0 unspecified atom stereocenters. The molecule has 0 bridgehead atoms. The van der Waals surface area contributed by atoms with E-state index in [2.05, 4.69) is 27.5 Å². The zero-order valence-electron chi connectivity index (χ0n) is 22.0. The summed E-state index contributed by atoms with van der Waals surface area (Å²) in [4.78, 5) is 21.7. The molecule has 2 saturated heterocycles. The minimum atomic E-state index is -0.124. The third-order valence-corrected chi connectivity index (χ3v) is 7.06. The number of carbonyl (C=O) groups excluding carboxylic acids is 1. The topological polar surface area (TPSA) is 79.0 Å². The maximum atomic E-state index is 12.0. The van der Waals surface area contributed by atoms with Gasteiger partial charge < -0.3 is 29.9 Å². The molecule has 1 aromatic carbocycles. The zero-order valence-corrected chi connectivity index (χ0v) is 22.0. The summed E-state index contributed by atoms with van der Waals surface area (Å²) in [5.41, 5.74) is 2.66. The zero-order chi connectivity index (χ0) is 25.3. The number of rotatable bonds is 11.